The molecule has 4 bridgehead atoms. The summed E-state index contributed by atoms with van der Waals surface area (Å²) in [4.78, 5) is 38.7. The third-order valence-corrected chi connectivity index (χ3v) is 7.17. The number of hydrogen-bond donors (Lipinski definition) is 2. The first-order chi connectivity index (χ1) is 20.2. The number of rotatable bonds is 3. The van der Waals surface area contributed by atoms with Crippen molar-refractivity contribution in [1.82, 2.24) is 9.88 Å². The number of aromatic nitrogens is 1. The SMILES string of the molecule is Cc1cc2cc(c1F)[C@@H](CC(=O)O)NC(=O)[C@@H](n1ccc(C(F)(F)F)cc1=O)c1cc(ccc1F)Oc1cccc(C)c1-2. The Balaban J connectivity index is 1.81. The average molecular weight is 599 g/mol. The Hall–Kier alpha value is -5.00. The first kappa shape index (κ1) is 29.5. The molecule has 222 valence electrons. The molecule has 43 heavy (non-hydrogen) atoms. The van der Waals surface area contributed by atoms with Gasteiger partial charge in [-0.3, -0.25) is 19.0 Å². The summed E-state index contributed by atoms with van der Waals surface area (Å²) in [5.41, 5.74) is -1.43. The van der Waals surface area contributed by atoms with Crippen LogP contribution in [0.3, 0.4) is 0 Å². The zero-order valence-electron chi connectivity index (χ0n) is 22.6. The Morgan fingerprint density at radius 3 is 2.40 bits per heavy atom. The fourth-order valence-corrected chi connectivity index (χ4v) is 5.17. The highest BCUT2D eigenvalue weighted by molar-refractivity contribution is 5.85. The molecular weight excluding hydrogens is 575 g/mol. The topological polar surface area (TPSA) is 97.6 Å². The number of carbonyl (C=O) groups excluding carboxylic acids is 1. The Bertz CT molecular complexity index is 1830. The Labute approximate surface area is 241 Å². The molecule has 0 fully saturated rings. The molecule has 2 heterocycles. The lowest BCUT2D eigenvalue weighted by Crippen LogP contribution is -2.40. The molecule has 1 aliphatic rings. The maximum absolute atomic E-state index is 15.6. The zero-order chi connectivity index (χ0) is 31.2. The first-order valence-corrected chi connectivity index (χ1v) is 12.9. The number of pyridine rings is 1. The number of carbonyl (C=O) groups is 2. The van der Waals surface area contributed by atoms with Crippen LogP contribution in [0, 0.1) is 25.5 Å². The molecule has 4 aromatic rings. The lowest BCUT2D eigenvalue weighted by atomic mass is 9.92. The summed E-state index contributed by atoms with van der Waals surface area (Å²) in [5.74, 6) is -4.09. The normalized spacial score (nSPS) is 16.6. The minimum atomic E-state index is -4.87. The van der Waals surface area contributed by atoms with Crippen LogP contribution in [0.5, 0.6) is 11.5 Å². The molecule has 0 spiro atoms. The Kier molecular flexibility index (Phi) is 7.55. The number of amides is 1. The molecule has 0 saturated carbocycles. The van der Waals surface area contributed by atoms with E-state index in [-0.39, 0.29) is 28.7 Å². The summed E-state index contributed by atoms with van der Waals surface area (Å²) >= 11 is 0. The van der Waals surface area contributed by atoms with Crippen LogP contribution in [0.4, 0.5) is 22.0 Å². The minimum Gasteiger partial charge on any atom is -0.481 e. The molecule has 0 unspecified atom stereocenters. The third kappa shape index (κ3) is 5.72. The van der Waals surface area contributed by atoms with E-state index in [1.165, 1.54) is 25.1 Å². The molecule has 0 saturated heterocycles. The number of nitrogens with one attached hydrogen (secondary N) is 1. The first-order valence-electron chi connectivity index (χ1n) is 12.9. The van der Waals surface area contributed by atoms with Crippen molar-refractivity contribution >= 4 is 11.9 Å². The molecule has 5 rings (SSSR count). The van der Waals surface area contributed by atoms with Crippen LogP contribution < -0.4 is 15.6 Å². The number of carboxylic acids is 1. The van der Waals surface area contributed by atoms with Gasteiger partial charge in [0.15, 0.2) is 0 Å². The van der Waals surface area contributed by atoms with Gasteiger partial charge in [0.1, 0.15) is 29.2 Å². The van der Waals surface area contributed by atoms with Gasteiger partial charge in [0.25, 0.3) is 5.56 Å². The number of ether oxygens (including phenoxy) is 1. The largest absolute Gasteiger partial charge is 0.481 e. The van der Waals surface area contributed by atoms with Gasteiger partial charge in [-0.2, -0.15) is 13.2 Å². The van der Waals surface area contributed by atoms with Gasteiger partial charge in [0, 0.05) is 29.0 Å². The summed E-state index contributed by atoms with van der Waals surface area (Å²) < 4.78 is 77.6. The predicted molar refractivity (Wildman–Crippen MR) is 145 cm³/mol. The van der Waals surface area contributed by atoms with E-state index >= 15 is 8.78 Å². The van der Waals surface area contributed by atoms with E-state index in [4.69, 9.17) is 4.74 Å². The maximum Gasteiger partial charge on any atom is 0.416 e. The lowest BCUT2D eigenvalue weighted by molar-refractivity contribution is -0.138. The van der Waals surface area contributed by atoms with E-state index in [1.54, 1.807) is 25.1 Å². The number of alkyl halides is 3. The van der Waals surface area contributed by atoms with E-state index in [2.05, 4.69) is 5.32 Å². The van der Waals surface area contributed by atoms with E-state index in [9.17, 15) is 32.7 Å². The van der Waals surface area contributed by atoms with Crippen molar-refractivity contribution in [2.75, 3.05) is 0 Å². The van der Waals surface area contributed by atoms with Crippen molar-refractivity contribution < 1.29 is 41.4 Å². The second-order valence-corrected chi connectivity index (χ2v) is 10.2. The fourth-order valence-electron chi connectivity index (χ4n) is 5.17. The molecule has 12 heteroatoms. The van der Waals surface area contributed by atoms with Crippen LogP contribution in [0.15, 0.2) is 71.7 Å². The number of hydrogen-bond acceptors (Lipinski definition) is 4. The van der Waals surface area contributed by atoms with Crippen molar-refractivity contribution in [1.29, 1.82) is 0 Å². The average Bonchev–Trinajstić information content (AvgIpc) is 2.92. The summed E-state index contributed by atoms with van der Waals surface area (Å²) in [6, 6.07) is 8.71. The Morgan fingerprint density at radius 2 is 1.72 bits per heavy atom. The van der Waals surface area contributed by atoms with Gasteiger partial charge in [-0.15, -0.1) is 0 Å². The van der Waals surface area contributed by atoms with Crippen LogP contribution in [0.1, 0.15) is 46.3 Å². The molecule has 1 amide bonds. The van der Waals surface area contributed by atoms with Gasteiger partial charge in [0.05, 0.1) is 18.0 Å². The quantitative estimate of drug-likeness (QED) is 0.264. The zero-order valence-corrected chi connectivity index (χ0v) is 22.6. The van der Waals surface area contributed by atoms with Gasteiger partial charge in [0.2, 0.25) is 5.91 Å². The number of nitrogens with zero attached hydrogens (tertiary/aromatic N) is 1. The number of aliphatic carboxylic acids is 1. The Morgan fingerprint density at radius 1 is 0.977 bits per heavy atom. The predicted octanol–water partition coefficient (Wildman–Crippen LogP) is 6.46. The molecule has 7 nitrogen and oxygen atoms in total. The smallest absolute Gasteiger partial charge is 0.416 e. The molecule has 1 aromatic heterocycles. The number of benzene rings is 3. The molecule has 0 aliphatic carbocycles. The fraction of sp³-hybridized carbons (Fsp3) is 0.194. The van der Waals surface area contributed by atoms with Crippen molar-refractivity contribution in [2.24, 2.45) is 0 Å². The highest BCUT2D eigenvalue weighted by atomic mass is 19.4. The van der Waals surface area contributed by atoms with E-state index in [0.29, 0.717) is 33.5 Å². The highest BCUT2D eigenvalue weighted by Gasteiger charge is 2.35. The van der Waals surface area contributed by atoms with Crippen LogP contribution in [-0.4, -0.2) is 21.6 Å². The minimum absolute atomic E-state index is 0.0291. The van der Waals surface area contributed by atoms with Crippen molar-refractivity contribution in [3.8, 4) is 22.6 Å². The standard InChI is InChI=1S/C31H23F5N2O5/c1-15-4-3-5-24-27(15)17-10-16(2)28(33)21(11-17)23(14-26(40)41)37-30(42)29(20-13-19(43-24)6-7-22(20)32)38-9-8-18(12-25(38)39)31(34,35)36/h3-13,23,29H,14H2,1-2H3,(H,37,42)(H,40,41)/t23-,29+/m1/s1. The summed E-state index contributed by atoms with van der Waals surface area (Å²) in [5, 5.41) is 12.1. The number of fused-ring (bicyclic) bond motifs is 6. The number of halogens is 5. The van der Waals surface area contributed by atoms with Gasteiger partial charge in [-0.1, -0.05) is 12.1 Å². The lowest BCUT2D eigenvalue weighted by Gasteiger charge is -2.25. The second-order valence-electron chi connectivity index (χ2n) is 10.2. The monoisotopic (exact) mass is 598 g/mol. The van der Waals surface area contributed by atoms with E-state index in [1.807, 2.05) is 0 Å². The van der Waals surface area contributed by atoms with Crippen molar-refractivity contribution in [3.05, 3.63) is 117 Å². The highest BCUT2D eigenvalue weighted by Crippen LogP contribution is 2.40. The molecular formula is C31H23F5N2O5. The van der Waals surface area contributed by atoms with Crippen LogP contribution >= 0.6 is 0 Å². The van der Waals surface area contributed by atoms with Gasteiger partial charge < -0.3 is 15.2 Å². The number of aryl methyl sites for hydroxylation is 2. The van der Waals surface area contributed by atoms with E-state index in [0.717, 1.165) is 12.1 Å². The molecule has 2 N–H and O–H groups in total. The van der Waals surface area contributed by atoms with Crippen LogP contribution in [0.2, 0.25) is 0 Å². The third-order valence-electron chi connectivity index (χ3n) is 7.17. The molecule has 2 atom stereocenters. The molecule has 0 radical (unpaired) electrons. The van der Waals surface area contributed by atoms with Crippen LogP contribution in [0.25, 0.3) is 11.1 Å². The maximum atomic E-state index is 15.6. The van der Waals surface area contributed by atoms with Crippen molar-refractivity contribution in [2.45, 2.75) is 38.5 Å². The second kappa shape index (κ2) is 11.0. The van der Waals surface area contributed by atoms with Gasteiger partial charge in [-0.05, 0) is 73.0 Å². The van der Waals surface area contributed by atoms with Crippen molar-refractivity contribution in [3.63, 3.8) is 0 Å². The summed E-state index contributed by atoms with van der Waals surface area (Å²) in [6.45, 7) is 3.24. The molecule has 3 aromatic carbocycles. The van der Waals surface area contributed by atoms with Gasteiger partial charge in [-0.25, -0.2) is 8.78 Å². The summed E-state index contributed by atoms with van der Waals surface area (Å²) in [6.07, 6.45) is -4.99. The molecule has 1 aliphatic heterocycles. The van der Waals surface area contributed by atoms with Gasteiger partial charge >= 0.3 is 12.1 Å². The summed E-state index contributed by atoms with van der Waals surface area (Å²) in [7, 11) is 0. The van der Waals surface area contributed by atoms with E-state index < -0.39 is 64.9 Å². The number of carboxylic acid groups (broad SMARTS) is 1. The van der Waals surface area contributed by atoms with Crippen LogP contribution in [-0.2, 0) is 15.8 Å².